The molecule has 7 nitrogen and oxygen atoms in total. The summed E-state index contributed by atoms with van der Waals surface area (Å²) >= 11 is 1.54. The molecule has 6 atom stereocenters. The molecule has 4 aliphatic rings. The van der Waals surface area contributed by atoms with Gasteiger partial charge in [-0.15, -0.1) is 11.8 Å². The molecule has 0 aromatic rings. The van der Waals surface area contributed by atoms with Gasteiger partial charge in [0.1, 0.15) is 6.04 Å². The molecule has 2 saturated heterocycles. The average Bonchev–Trinajstić information content (AvgIpc) is 3.18. The van der Waals surface area contributed by atoms with Crippen LogP contribution in [-0.4, -0.2) is 81.1 Å². The Kier molecular flexibility index (Phi) is 6.49. The Hall–Kier alpha value is -1.80. The Balaban J connectivity index is 1.81. The Morgan fingerprint density at radius 1 is 1.29 bits per heavy atom. The first-order valence-corrected chi connectivity index (χ1v) is 12.2. The molecule has 2 amide bonds. The molecule has 1 unspecified atom stereocenters. The van der Waals surface area contributed by atoms with E-state index in [1.54, 1.807) is 23.6 Å². The number of rotatable bonds is 5. The van der Waals surface area contributed by atoms with Crippen LogP contribution in [0.5, 0.6) is 0 Å². The van der Waals surface area contributed by atoms with Gasteiger partial charge in [-0.05, 0) is 26.2 Å². The zero-order chi connectivity index (χ0) is 22.2. The SMILES string of the molecule is CCCCN1CC=C[C@]23S[C@H]4/C=C\CCCOC(=O)[C@H]4[C@H]2C(=O)N([C@H](C)CO)C3C1=O. The van der Waals surface area contributed by atoms with E-state index in [1.807, 2.05) is 23.1 Å². The Morgan fingerprint density at radius 3 is 2.84 bits per heavy atom. The monoisotopic (exact) mass is 448 g/mol. The van der Waals surface area contributed by atoms with Crippen molar-refractivity contribution in [1.29, 1.82) is 0 Å². The minimum absolute atomic E-state index is 0.0917. The second kappa shape index (κ2) is 8.98. The number of fused-ring (bicyclic) bond motifs is 2. The number of hydrogen-bond donors (Lipinski definition) is 1. The van der Waals surface area contributed by atoms with Gasteiger partial charge in [0.25, 0.3) is 0 Å². The fourth-order valence-corrected chi connectivity index (χ4v) is 7.34. The van der Waals surface area contributed by atoms with Crippen LogP contribution in [0.2, 0.25) is 0 Å². The number of cyclic esters (lactones) is 1. The number of aliphatic hydroxyl groups excluding tert-OH is 1. The number of hydrogen-bond acceptors (Lipinski definition) is 6. The van der Waals surface area contributed by atoms with E-state index in [2.05, 4.69) is 13.0 Å². The van der Waals surface area contributed by atoms with E-state index < -0.39 is 28.7 Å². The molecule has 8 heteroatoms. The Bertz CT molecular complexity index is 799. The van der Waals surface area contributed by atoms with Gasteiger partial charge in [0.15, 0.2) is 0 Å². The number of ether oxygens (including phenoxy) is 1. The van der Waals surface area contributed by atoms with Crippen molar-refractivity contribution >= 4 is 29.5 Å². The predicted molar refractivity (Wildman–Crippen MR) is 118 cm³/mol. The summed E-state index contributed by atoms with van der Waals surface area (Å²) in [7, 11) is 0. The highest BCUT2D eigenvalue weighted by atomic mass is 32.2. The van der Waals surface area contributed by atoms with E-state index in [0.29, 0.717) is 19.7 Å². The number of thioether (sulfide) groups is 1. The van der Waals surface area contributed by atoms with Crippen LogP contribution in [0, 0.1) is 11.8 Å². The molecule has 2 fully saturated rings. The minimum Gasteiger partial charge on any atom is -0.465 e. The van der Waals surface area contributed by atoms with Crippen molar-refractivity contribution in [3.63, 3.8) is 0 Å². The maximum Gasteiger partial charge on any atom is 0.311 e. The molecule has 1 N–H and O–H groups in total. The third-order valence-corrected chi connectivity index (χ3v) is 8.64. The molecule has 0 saturated carbocycles. The molecule has 4 aliphatic heterocycles. The van der Waals surface area contributed by atoms with Crippen LogP contribution in [0.15, 0.2) is 24.3 Å². The second-order valence-electron chi connectivity index (χ2n) is 8.90. The van der Waals surface area contributed by atoms with Gasteiger partial charge in [-0.25, -0.2) is 0 Å². The first kappa shape index (κ1) is 22.4. The zero-order valence-electron chi connectivity index (χ0n) is 18.2. The maximum absolute atomic E-state index is 13.8. The highest BCUT2D eigenvalue weighted by Gasteiger charge is 2.71. The fraction of sp³-hybridized carbons (Fsp3) is 0.696. The van der Waals surface area contributed by atoms with Crippen LogP contribution in [0.3, 0.4) is 0 Å². The van der Waals surface area contributed by atoms with Crippen LogP contribution in [-0.2, 0) is 19.1 Å². The van der Waals surface area contributed by atoms with E-state index >= 15 is 0 Å². The average molecular weight is 449 g/mol. The fourth-order valence-electron chi connectivity index (χ4n) is 5.35. The number of allylic oxidation sites excluding steroid dienone is 1. The molecule has 0 bridgehead atoms. The zero-order valence-corrected chi connectivity index (χ0v) is 19.1. The summed E-state index contributed by atoms with van der Waals surface area (Å²) in [6.45, 7) is 5.07. The number of aliphatic hydroxyl groups is 1. The highest BCUT2D eigenvalue weighted by Crippen LogP contribution is 2.61. The van der Waals surface area contributed by atoms with Gasteiger partial charge in [0.2, 0.25) is 11.8 Å². The molecule has 4 heterocycles. The van der Waals surface area contributed by atoms with Gasteiger partial charge in [-0.1, -0.05) is 37.6 Å². The van der Waals surface area contributed by atoms with Crippen LogP contribution in [0.25, 0.3) is 0 Å². The molecule has 0 aliphatic carbocycles. The maximum atomic E-state index is 13.8. The Labute approximate surface area is 187 Å². The highest BCUT2D eigenvalue weighted by molar-refractivity contribution is 8.02. The van der Waals surface area contributed by atoms with Gasteiger partial charge in [-0.2, -0.15) is 0 Å². The van der Waals surface area contributed by atoms with Crippen molar-refractivity contribution in [2.45, 2.75) is 61.6 Å². The van der Waals surface area contributed by atoms with E-state index in [4.69, 9.17) is 4.74 Å². The van der Waals surface area contributed by atoms with Crippen LogP contribution in [0.1, 0.15) is 39.5 Å². The van der Waals surface area contributed by atoms with Gasteiger partial charge in [0, 0.05) is 18.3 Å². The van der Waals surface area contributed by atoms with Gasteiger partial charge >= 0.3 is 5.97 Å². The first-order valence-electron chi connectivity index (χ1n) is 11.4. The molecule has 0 aromatic heterocycles. The molecule has 4 rings (SSSR count). The number of esters is 1. The third-order valence-electron chi connectivity index (χ3n) is 6.89. The van der Waals surface area contributed by atoms with Gasteiger partial charge < -0.3 is 19.6 Å². The standard InChI is InChI=1S/C23H32N2O5S/c1-3-4-11-24-12-8-10-23-18(20(27)25(15(2)14-26)19(23)21(24)28)17-16(31-23)9-6-5-7-13-30-22(17)29/h6,8-10,15-19,26H,3-5,7,11-14H2,1-2H3/b9-6-/t15-,16+,17-,18+,19?,23+/m1/s1. The van der Waals surface area contributed by atoms with Gasteiger partial charge in [-0.3, -0.25) is 14.4 Å². The molecule has 0 radical (unpaired) electrons. The van der Waals surface area contributed by atoms with Crippen LogP contribution in [0.4, 0.5) is 0 Å². The van der Waals surface area contributed by atoms with E-state index in [9.17, 15) is 19.5 Å². The number of unbranched alkanes of at least 4 members (excludes halogenated alkanes) is 1. The summed E-state index contributed by atoms with van der Waals surface area (Å²) in [5.74, 6) is -1.99. The van der Waals surface area contributed by atoms with Crippen molar-refractivity contribution in [3.05, 3.63) is 24.3 Å². The van der Waals surface area contributed by atoms with E-state index in [-0.39, 0.29) is 29.6 Å². The molecule has 0 aromatic carbocycles. The van der Waals surface area contributed by atoms with E-state index in [1.165, 1.54) is 0 Å². The number of nitrogens with zero attached hydrogens (tertiary/aromatic N) is 2. The summed E-state index contributed by atoms with van der Waals surface area (Å²) in [5.41, 5.74) is 0. The lowest BCUT2D eigenvalue weighted by atomic mass is 9.78. The molecular formula is C23H32N2O5S. The lowest BCUT2D eigenvalue weighted by Gasteiger charge is -2.37. The summed E-state index contributed by atoms with van der Waals surface area (Å²) in [5, 5.41) is 9.67. The van der Waals surface area contributed by atoms with Gasteiger partial charge in [0.05, 0.1) is 35.8 Å². The lowest BCUT2D eigenvalue weighted by molar-refractivity contribution is -0.153. The Morgan fingerprint density at radius 2 is 2.10 bits per heavy atom. The summed E-state index contributed by atoms with van der Waals surface area (Å²) in [4.78, 5) is 44.0. The molecule has 1 spiro atoms. The predicted octanol–water partition coefficient (Wildman–Crippen LogP) is 1.76. The molecular weight excluding hydrogens is 416 g/mol. The van der Waals surface area contributed by atoms with Crippen LogP contribution < -0.4 is 0 Å². The number of likely N-dealkylation sites (tertiary alicyclic amines) is 1. The third kappa shape index (κ3) is 3.61. The van der Waals surface area contributed by atoms with Crippen LogP contribution >= 0.6 is 11.8 Å². The summed E-state index contributed by atoms with van der Waals surface area (Å²) in [6, 6.07) is -1.24. The summed E-state index contributed by atoms with van der Waals surface area (Å²) < 4.78 is 4.70. The number of carbonyl (C=O) groups is 3. The molecule has 170 valence electrons. The molecule has 31 heavy (non-hydrogen) atoms. The largest absolute Gasteiger partial charge is 0.465 e. The first-order chi connectivity index (χ1) is 15.0. The number of carbonyl (C=O) groups excluding carboxylic acids is 3. The quantitative estimate of drug-likeness (QED) is 0.509. The van der Waals surface area contributed by atoms with Crippen molar-refractivity contribution in [1.82, 2.24) is 9.80 Å². The normalized spacial score (nSPS) is 37.2. The lowest BCUT2D eigenvalue weighted by Crippen LogP contribution is -2.56. The topological polar surface area (TPSA) is 87.2 Å². The van der Waals surface area contributed by atoms with Crippen molar-refractivity contribution in [3.8, 4) is 0 Å². The van der Waals surface area contributed by atoms with Crippen molar-refractivity contribution in [2.24, 2.45) is 11.8 Å². The second-order valence-corrected chi connectivity index (χ2v) is 10.4. The van der Waals surface area contributed by atoms with Crippen molar-refractivity contribution in [2.75, 3.05) is 26.3 Å². The van der Waals surface area contributed by atoms with Crippen molar-refractivity contribution < 1.29 is 24.2 Å². The smallest absolute Gasteiger partial charge is 0.311 e. The minimum atomic E-state index is -0.837. The number of amides is 2. The summed E-state index contributed by atoms with van der Waals surface area (Å²) in [6.07, 6.45) is 11.5. The van der Waals surface area contributed by atoms with E-state index in [0.717, 1.165) is 25.7 Å².